The van der Waals surface area contributed by atoms with E-state index in [2.05, 4.69) is 5.32 Å². The molecule has 26 heavy (non-hydrogen) atoms. The third-order valence-electron chi connectivity index (χ3n) is 3.95. The summed E-state index contributed by atoms with van der Waals surface area (Å²) in [6.07, 6.45) is 0. The zero-order chi connectivity index (χ0) is 18.7. The molecule has 0 radical (unpaired) electrons. The molecule has 0 atom stereocenters. The second-order valence-electron chi connectivity index (χ2n) is 5.47. The zero-order valence-corrected chi connectivity index (χ0v) is 16.2. The lowest BCUT2D eigenvalue weighted by Crippen LogP contribution is -2.22. The van der Waals surface area contributed by atoms with Crippen LogP contribution in [0, 0.1) is 0 Å². The first kappa shape index (κ1) is 18.4. The molecule has 0 aliphatic heterocycles. The summed E-state index contributed by atoms with van der Waals surface area (Å²) in [5.41, 5.74) is 0.852. The minimum absolute atomic E-state index is 0.211. The number of amides is 1. The minimum Gasteiger partial charge on any atom is -0.497 e. The van der Waals surface area contributed by atoms with Gasteiger partial charge < -0.3 is 19.5 Å². The second-order valence-corrected chi connectivity index (χ2v) is 6.95. The Balaban J connectivity index is 1.84. The quantitative estimate of drug-likeness (QED) is 0.671. The van der Waals surface area contributed by atoms with Crippen molar-refractivity contribution in [1.82, 2.24) is 5.32 Å². The van der Waals surface area contributed by atoms with Gasteiger partial charge in [-0.3, -0.25) is 4.79 Å². The highest BCUT2D eigenvalue weighted by Crippen LogP contribution is 2.39. The summed E-state index contributed by atoms with van der Waals surface area (Å²) in [4.78, 5) is 13.2. The first-order valence-corrected chi connectivity index (χ1v) is 9.02. The Morgan fingerprint density at radius 2 is 1.88 bits per heavy atom. The van der Waals surface area contributed by atoms with Crippen molar-refractivity contribution in [3.8, 4) is 17.2 Å². The van der Waals surface area contributed by atoms with Gasteiger partial charge in [-0.1, -0.05) is 11.6 Å². The molecule has 1 heterocycles. The number of ether oxygens (including phenoxy) is 3. The van der Waals surface area contributed by atoms with E-state index in [-0.39, 0.29) is 5.91 Å². The Morgan fingerprint density at radius 3 is 2.58 bits per heavy atom. The third-order valence-corrected chi connectivity index (χ3v) is 5.33. The fraction of sp³-hybridized carbons (Fsp3) is 0.211. The van der Waals surface area contributed by atoms with Gasteiger partial charge in [-0.2, -0.15) is 0 Å². The summed E-state index contributed by atoms with van der Waals surface area (Å²) in [5.74, 6) is 1.67. The highest BCUT2D eigenvalue weighted by Gasteiger charge is 2.20. The molecule has 1 N–H and O–H groups in total. The number of hydrogen-bond donors (Lipinski definition) is 1. The highest BCUT2D eigenvalue weighted by atomic mass is 35.5. The Morgan fingerprint density at radius 1 is 1.08 bits per heavy atom. The maximum Gasteiger partial charge on any atom is 0.265 e. The lowest BCUT2D eigenvalue weighted by Gasteiger charge is -2.11. The molecule has 5 nitrogen and oxygen atoms in total. The number of methoxy groups -OCH3 is 3. The summed E-state index contributed by atoms with van der Waals surface area (Å²) in [6.45, 7) is 0.324. The van der Waals surface area contributed by atoms with Crippen molar-refractivity contribution in [1.29, 1.82) is 0 Å². The van der Waals surface area contributed by atoms with E-state index in [1.54, 1.807) is 39.5 Å². The van der Waals surface area contributed by atoms with Gasteiger partial charge in [-0.25, -0.2) is 0 Å². The lowest BCUT2D eigenvalue weighted by atomic mass is 10.2. The van der Waals surface area contributed by atoms with Crippen LogP contribution in [-0.4, -0.2) is 27.2 Å². The molecule has 2 aromatic carbocycles. The Kier molecular flexibility index (Phi) is 5.54. The molecule has 0 saturated carbocycles. The van der Waals surface area contributed by atoms with E-state index < -0.39 is 0 Å². The topological polar surface area (TPSA) is 56.8 Å². The van der Waals surface area contributed by atoms with E-state index in [9.17, 15) is 4.79 Å². The van der Waals surface area contributed by atoms with Crippen LogP contribution in [0.2, 0.25) is 5.02 Å². The van der Waals surface area contributed by atoms with E-state index in [1.165, 1.54) is 11.3 Å². The van der Waals surface area contributed by atoms with Gasteiger partial charge in [0.2, 0.25) is 0 Å². The van der Waals surface area contributed by atoms with Crippen LogP contribution in [-0.2, 0) is 6.54 Å². The van der Waals surface area contributed by atoms with Crippen molar-refractivity contribution in [3.05, 3.63) is 51.9 Å². The van der Waals surface area contributed by atoms with Crippen LogP contribution in [0.25, 0.3) is 10.1 Å². The summed E-state index contributed by atoms with van der Waals surface area (Å²) < 4.78 is 16.9. The molecule has 3 rings (SSSR count). The van der Waals surface area contributed by atoms with Crippen LogP contribution in [0.1, 0.15) is 15.2 Å². The van der Waals surface area contributed by atoms with Gasteiger partial charge in [0.05, 0.1) is 21.3 Å². The summed E-state index contributed by atoms with van der Waals surface area (Å²) in [5, 5.41) is 4.35. The average Bonchev–Trinajstić information content (AvgIpc) is 3.03. The number of thiophene rings is 1. The molecule has 0 unspecified atom stereocenters. The van der Waals surface area contributed by atoms with Crippen molar-refractivity contribution < 1.29 is 19.0 Å². The Hall–Kier alpha value is -2.44. The molecule has 7 heteroatoms. The largest absolute Gasteiger partial charge is 0.497 e. The van der Waals surface area contributed by atoms with Gasteiger partial charge in [0.25, 0.3) is 5.91 Å². The van der Waals surface area contributed by atoms with Crippen LogP contribution in [0.15, 0.2) is 36.4 Å². The van der Waals surface area contributed by atoms with Crippen LogP contribution < -0.4 is 19.5 Å². The van der Waals surface area contributed by atoms with E-state index in [1.807, 2.05) is 18.2 Å². The van der Waals surface area contributed by atoms with Crippen molar-refractivity contribution in [2.24, 2.45) is 0 Å². The number of fused-ring (bicyclic) bond motifs is 1. The predicted octanol–water partition coefficient (Wildman–Crippen LogP) is 4.51. The molecular formula is C19H18ClNO4S. The third kappa shape index (κ3) is 3.57. The first-order chi connectivity index (χ1) is 12.6. The van der Waals surface area contributed by atoms with E-state index in [4.69, 9.17) is 25.8 Å². The molecule has 0 saturated heterocycles. The van der Waals surface area contributed by atoms with Gasteiger partial charge in [0.15, 0.2) is 0 Å². The van der Waals surface area contributed by atoms with Crippen molar-refractivity contribution >= 4 is 38.9 Å². The van der Waals surface area contributed by atoms with Gasteiger partial charge in [-0.15, -0.1) is 11.3 Å². The van der Waals surface area contributed by atoms with E-state index in [0.717, 1.165) is 15.6 Å². The zero-order valence-electron chi connectivity index (χ0n) is 14.6. The molecular weight excluding hydrogens is 374 g/mol. The summed E-state index contributed by atoms with van der Waals surface area (Å²) in [6, 6.07) is 10.9. The number of carbonyl (C=O) groups is 1. The summed E-state index contributed by atoms with van der Waals surface area (Å²) >= 11 is 7.43. The van der Waals surface area contributed by atoms with Crippen LogP contribution in [0.3, 0.4) is 0 Å². The number of nitrogens with one attached hydrogen (secondary N) is 1. The van der Waals surface area contributed by atoms with E-state index >= 15 is 0 Å². The van der Waals surface area contributed by atoms with Crippen molar-refractivity contribution in [3.63, 3.8) is 0 Å². The molecule has 0 spiro atoms. The average molecular weight is 392 g/mol. The smallest absolute Gasteiger partial charge is 0.265 e. The second kappa shape index (κ2) is 7.85. The molecule has 3 aromatic rings. The Bertz CT molecular complexity index is 954. The predicted molar refractivity (Wildman–Crippen MR) is 104 cm³/mol. The molecule has 0 aliphatic rings. The number of carbonyl (C=O) groups excluding carboxylic acids is 1. The van der Waals surface area contributed by atoms with Crippen molar-refractivity contribution in [2.45, 2.75) is 6.54 Å². The minimum atomic E-state index is -0.211. The summed E-state index contributed by atoms with van der Waals surface area (Å²) in [7, 11) is 4.72. The van der Waals surface area contributed by atoms with E-state index in [0.29, 0.717) is 33.7 Å². The van der Waals surface area contributed by atoms with Gasteiger partial charge in [0.1, 0.15) is 22.1 Å². The van der Waals surface area contributed by atoms with Crippen LogP contribution >= 0.6 is 22.9 Å². The molecule has 0 bridgehead atoms. The molecule has 0 aliphatic carbocycles. The maximum atomic E-state index is 12.7. The van der Waals surface area contributed by atoms with Crippen LogP contribution in [0.5, 0.6) is 17.2 Å². The fourth-order valence-electron chi connectivity index (χ4n) is 2.65. The molecule has 136 valence electrons. The van der Waals surface area contributed by atoms with Crippen molar-refractivity contribution in [2.75, 3.05) is 21.3 Å². The standard InChI is InChI=1S/C19H18ClNO4S/c1-23-13-6-4-11(15(9-13)24-2)10-21-19(22)18-17(25-3)14-8-12(20)5-7-16(14)26-18/h4-9H,10H2,1-3H3,(H,21,22). The highest BCUT2D eigenvalue weighted by molar-refractivity contribution is 7.21. The fourth-order valence-corrected chi connectivity index (χ4v) is 3.89. The van der Waals surface area contributed by atoms with Gasteiger partial charge in [0, 0.05) is 33.3 Å². The monoisotopic (exact) mass is 391 g/mol. The normalized spacial score (nSPS) is 10.6. The first-order valence-electron chi connectivity index (χ1n) is 7.82. The maximum absolute atomic E-state index is 12.7. The lowest BCUT2D eigenvalue weighted by molar-refractivity contribution is 0.0952. The Labute approximate surface area is 160 Å². The number of hydrogen-bond acceptors (Lipinski definition) is 5. The van der Waals surface area contributed by atoms with Crippen LogP contribution in [0.4, 0.5) is 0 Å². The number of rotatable bonds is 6. The molecule has 1 aromatic heterocycles. The number of halogens is 1. The SMILES string of the molecule is COc1ccc(CNC(=O)c2sc3ccc(Cl)cc3c2OC)c(OC)c1. The number of benzene rings is 2. The van der Waals surface area contributed by atoms with Gasteiger partial charge in [-0.05, 0) is 30.3 Å². The molecule has 0 fully saturated rings. The molecule has 1 amide bonds. The van der Waals surface area contributed by atoms with Gasteiger partial charge >= 0.3 is 0 Å².